The van der Waals surface area contributed by atoms with Gasteiger partial charge in [0.1, 0.15) is 11.4 Å². The van der Waals surface area contributed by atoms with Gasteiger partial charge in [0.15, 0.2) is 6.61 Å². The van der Waals surface area contributed by atoms with Crippen LogP contribution in [0.25, 0.3) is 0 Å². The van der Waals surface area contributed by atoms with Gasteiger partial charge in [-0.15, -0.1) is 0 Å². The molecule has 132 valence electrons. The molecule has 8 heteroatoms. The summed E-state index contributed by atoms with van der Waals surface area (Å²) in [6, 6.07) is 5.18. The lowest BCUT2D eigenvalue weighted by Gasteiger charge is -2.11. The molecule has 0 fully saturated rings. The summed E-state index contributed by atoms with van der Waals surface area (Å²) in [5, 5.41) is 0. The van der Waals surface area contributed by atoms with Gasteiger partial charge in [-0.1, -0.05) is 17.2 Å². The standard InChI is InChI=1S/C17H19N3O5/c1-9-5-10(2)7-11(6-9)16(23)25-8-12(21)13-14(18)19(3)17(24)20(4)15(13)22/h5-7H,8,18H2,1-4H3. The quantitative estimate of drug-likeness (QED) is 0.631. The Morgan fingerprint density at radius 3 is 2.16 bits per heavy atom. The van der Waals surface area contributed by atoms with E-state index >= 15 is 0 Å². The van der Waals surface area contributed by atoms with Crippen molar-refractivity contribution >= 4 is 17.6 Å². The van der Waals surface area contributed by atoms with Crippen LogP contribution in [0.3, 0.4) is 0 Å². The van der Waals surface area contributed by atoms with Crippen LogP contribution in [0.2, 0.25) is 0 Å². The van der Waals surface area contributed by atoms with Crippen LogP contribution < -0.4 is 17.0 Å². The molecule has 1 aromatic heterocycles. The molecular formula is C17H19N3O5. The van der Waals surface area contributed by atoms with E-state index in [1.54, 1.807) is 12.1 Å². The van der Waals surface area contributed by atoms with Crippen molar-refractivity contribution < 1.29 is 14.3 Å². The summed E-state index contributed by atoms with van der Waals surface area (Å²) < 4.78 is 6.75. The fourth-order valence-electron chi connectivity index (χ4n) is 2.50. The maximum Gasteiger partial charge on any atom is 0.338 e. The van der Waals surface area contributed by atoms with Gasteiger partial charge >= 0.3 is 11.7 Å². The number of anilines is 1. The molecule has 0 amide bonds. The lowest BCUT2D eigenvalue weighted by atomic mass is 10.1. The molecule has 0 saturated heterocycles. The van der Waals surface area contributed by atoms with Gasteiger partial charge in [-0.2, -0.15) is 0 Å². The number of aryl methyl sites for hydroxylation is 2. The molecule has 0 aliphatic heterocycles. The average molecular weight is 345 g/mol. The van der Waals surface area contributed by atoms with Crippen LogP contribution in [0, 0.1) is 13.8 Å². The lowest BCUT2D eigenvalue weighted by molar-refractivity contribution is 0.0474. The van der Waals surface area contributed by atoms with Crippen LogP contribution in [-0.2, 0) is 18.8 Å². The van der Waals surface area contributed by atoms with Gasteiger partial charge in [-0.3, -0.25) is 18.7 Å². The van der Waals surface area contributed by atoms with Crippen LogP contribution in [0.15, 0.2) is 27.8 Å². The van der Waals surface area contributed by atoms with Crippen molar-refractivity contribution in [3.8, 4) is 0 Å². The Morgan fingerprint density at radius 1 is 1.04 bits per heavy atom. The van der Waals surface area contributed by atoms with E-state index in [1.165, 1.54) is 14.1 Å². The minimum atomic E-state index is -0.826. The van der Waals surface area contributed by atoms with E-state index in [0.717, 1.165) is 20.3 Å². The predicted octanol–water partition coefficient (Wildman–Crippen LogP) is 0.323. The van der Waals surface area contributed by atoms with Crippen LogP contribution in [0.5, 0.6) is 0 Å². The first-order valence-electron chi connectivity index (χ1n) is 7.47. The topological polar surface area (TPSA) is 113 Å². The highest BCUT2D eigenvalue weighted by Crippen LogP contribution is 2.11. The normalized spacial score (nSPS) is 10.6. The molecule has 0 aliphatic carbocycles. The zero-order chi connectivity index (χ0) is 18.9. The van der Waals surface area contributed by atoms with Crippen LogP contribution in [0.1, 0.15) is 31.8 Å². The first-order valence-corrected chi connectivity index (χ1v) is 7.47. The molecule has 2 aromatic rings. The summed E-state index contributed by atoms with van der Waals surface area (Å²) in [4.78, 5) is 48.2. The van der Waals surface area contributed by atoms with Crippen molar-refractivity contribution in [3.05, 3.63) is 61.3 Å². The van der Waals surface area contributed by atoms with E-state index in [4.69, 9.17) is 10.5 Å². The number of rotatable bonds is 4. The molecule has 8 nitrogen and oxygen atoms in total. The highest BCUT2D eigenvalue weighted by atomic mass is 16.5. The largest absolute Gasteiger partial charge is 0.454 e. The Morgan fingerprint density at radius 2 is 1.60 bits per heavy atom. The number of carbonyl (C=O) groups excluding carboxylic acids is 2. The first kappa shape index (κ1) is 18.2. The highest BCUT2D eigenvalue weighted by molar-refractivity contribution is 6.02. The number of ketones is 1. The number of nitrogens with two attached hydrogens (primary N) is 1. The SMILES string of the molecule is Cc1cc(C)cc(C(=O)OCC(=O)c2c(N)n(C)c(=O)n(C)c2=O)c1. The number of hydrogen-bond donors (Lipinski definition) is 1. The highest BCUT2D eigenvalue weighted by Gasteiger charge is 2.21. The second-order valence-corrected chi connectivity index (χ2v) is 5.84. The Bertz CT molecular complexity index is 965. The van der Waals surface area contributed by atoms with Crippen LogP contribution in [0.4, 0.5) is 5.82 Å². The molecule has 0 saturated carbocycles. The van der Waals surface area contributed by atoms with Gasteiger partial charge in [-0.05, 0) is 26.0 Å². The molecule has 2 N–H and O–H groups in total. The number of nitrogens with zero attached hydrogens (tertiary/aromatic N) is 2. The number of Topliss-reactive ketones (excluding diaryl/α,β-unsaturated/α-hetero) is 1. The van der Waals surface area contributed by atoms with Gasteiger partial charge in [-0.25, -0.2) is 9.59 Å². The summed E-state index contributed by atoms with van der Waals surface area (Å²) in [5.41, 5.74) is 5.93. The molecular weight excluding hydrogens is 326 g/mol. The fraction of sp³-hybridized carbons (Fsp3) is 0.294. The van der Waals surface area contributed by atoms with E-state index in [9.17, 15) is 19.2 Å². The minimum Gasteiger partial charge on any atom is -0.454 e. The van der Waals surface area contributed by atoms with Crippen molar-refractivity contribution in [3.63, 3.8) is 0 Å². The Balaban J connectivity index is 2.25. The molecule has 0 radical (unpaired) electrons. The molecule has 0 bridgehead atoms. The third-order valence-electron chi connectivity index (χ3n) is 3.78. The molecule has 1 aromatic carbocycles. The smallest absolute Gasteiger partial charge is 0.338 e. The lowest BCUT2D eigenvalue weighted by Crippen LogP contribution is -2.42. The van der Waals surface area contributed by atoms with E-state index in [1.807, 2.05) is 19.9 Å². The molecule has 0 aliphatic rings. The van der Waals surface area contributed by atoms with Crippen molar-refractivity contribution in [2.24, 2.45) is 14.1 Å². The number of hydrogen-bond acceptors (Lipinski definition) is 6. The number of benzene rings is 1. The summed E-state index contributed by atoms with van der Waals surface area (Å²) in [6.45, 7) is 3.02. The maximum atomic E-state index is 12.3. The van der Waals surface area contributed by atoms with Gasteiger partial charge in [0.05, 0.1) is 5.56 Å². The van der Waals surface area contributed by atoms with Crippen LogP contribution in [-0.4, -0.2) is 27.5 Å². The number of aromatic nitrogens is 2. The zero-order valence-electron chi connectivity index (χ0n) is 14.5. The molecule has 0 unspecified atom stereocenters. The van der Waals surface area contributed by atoms with E-state index in [0.29, 0.717) is 5.56 Å². The number of nitrogen functional groups attached to an aromatic ring is 1. The summed E-state index contributed by atoms with van der Waals surface area (Å²) >= 11 is 0. The molecule has 0 spiro atoms. The Kier molecular flexibility index (Phi) is 4.92. The second kappa shape index (κ2) is 6.76. The third-order valence-corrected chi connectivity index (χ3v) is 3.78. The van der Waals surface area contributed by atoms with Gasteiger partial charge in [0.25, 0.3) is 5.56 Å². The average Bonchev–Trinajstić information content (AvgIpc) is 2.55. The number of carbonyl (C=O) groups is 2. The van der Waals surface area contributed by atoms with Gasteiger partial charge in [0, 0.05) is 14.1 Å². The van der Waals surface area contributed by atoms with Gasteiger partial charge in [0.2, 0.25) is 5.78 Å². The Hall–Kier alpha value is -3.16. The second-order valence-electron chi connectivity index (χ2n) is 5.84. The number of ether oxygens (including phenoxy) is 1. The van der Waals surface area contributed by atoms with E-state index in [2.05, 4.69) is 0 Å². The van der Waals surface area contributed by atoms with Crippen molar-refractivity contribution in [1.29, 1.82) is 0 Å². The molecule has 0 atom stereocenters. The minimum absolute atomic E-state index is 0.263. The predicted molar refractivity (Wildman–Crippen MR) is 91.9 cm³/mol. The number of esters is 1. The van der Waals surface area contributed by atoms with Crippen molar-refractivity contribution in [2.75, 3.05) is 12.3 Å². The zero-order valence-corrected chi connectivity index (χ0v) is 14.5. The fourth-order valence-corrected chi connectivity index (χ4v) is 2.50. The van der Waals surface area contributed by atoms with Crippen molar-refractivity contribution in [1.82, 2.24) is 9.13 Å². The molecule has 1 heterocycles. The first-order chi connectivity index (χ1) is 11.6. The van der Waals surface area contributed by atoms with Crippen LogP contribution >= 0.6 is 0 Å². The van der Waals surface area contributed by atoms with E-state index < -0.39 is 29.6 Å². The molecule has 25 heavy (non-hydrogen) atoms. The summed E-state index contributed by atoms with van der Waals surface area (Å²) in [5.74, 6) is -1.72. The van der Waals surface area contributed by atoms with Crippen molar-refractivity contribution in [2.45, 2.75) is 13.8 Å². The summed E-state index contributed by atoms with van der Waals surface area (Å²) in [7, 11) is 2.58. The molecule has 2 rings (SSSR count). The van der Waals surface area contributed by atoms with Gasteiger partial charge < -0.3 is 10.5 Å². The third kappa shape index (κ3) is 3.52. The Labute approximate surface area is 143 Å². The summed E-state index contributed by atoms with van der Waals surface area (Å²) in [6.07, 6.45) is 0. The maximum absolute atomic E-state index is 12.3. The van der Waals surface area contributed by atoms with E-state index in [-0.39, 0.29) is 11.4 Å². The monoisotopic (exact) mass is 345 g/mol.